The largest absolute Gasteiger partial charge is 0.497 e. The topological polar surface area (TPSA) is 98.2 Å². The lowest BCUT2D eigenvalue weighted by atomic mass is 10.1. The molecular weight excluding hydrogens is 480 g/mol. The van der Waals surface area contributed by atoms with Crippen LogP contribution in [0.1, 0.15) is 10.4 Å². The molecule has 0 radical (unpaired) electrons. The van der Waals surface area contributed by atoms with E-state index in [0.717, 1.165) is 16.7 Å². The molecule has 6 aromatic rings. The van der Waals surface area contributed by atoms with Crippen LogP contribution in [0.5, 0.6) is 17.2 Å². The first-order valence-corrected chi connectivity index (χ1v) is 11.9. The monoisotopic (exact) mass is 502 g/mol. The number of ether oxygens (including phenoxy) is 2. The van der Waals surface area contributed by atoms with Crippen molar-refractivity contribution < 1.29 is 14.3 Å². The van der Waals surface area contributed by atoms with Crippen molar-refractivity contribution in [1.82, 2.24) is 14.5 Å². The number of nitrogens with one attached hydrogen (secondary N) is 2. The van der Waals surface area contributed by atoms with Gasteiger partial charge in [-0.15, -0.1) is 0 Å². The Morgan fingerprint density at radius 2 is 1.66 bits per heavy atom. The minimum atomic E-state index is -0.500. The Kier molecular flexibility index (Phi) is 5.82. The number of amides is 1. The number of fused-ring (bicyclic) bond motifs is 2. The van der Waals surface area contributed by atoms with Crippen LogP contribution in [0.25, 0.3) is 27.6 Å². The van der Waals surface area contributed by atoms with Gasteiger partial charge in [-0.1, -0.05) is 12.1 Å². The molecule has 3 aromatic carbocycles. The number of pyridine rings is 2. The Morgan fingerprint density at radius 3 is 2.45 bits per heavy atom. The zero-order valence-electron chi connectivity index (χ0n) is 20.3. The molecule has 0 aliphatic rings. The molecule has 186 valence electrons. The number of hydrogen-bond donors (Lipinski definition) is 2. The van der Waals surface area contributed by atoms with Crippen molar-refractivity contribution in [2.24, 2.45) is 0 Å². The maximum Gasteiger partial charge on any atom is 0.261 e. The Morgan fingerprint density at radius 1 is 0.895 bits per heavy atom. The van der Waals surface area contributed by atoms with Crippen LogP contribution in [0, 0.1) is 0 Å². The number of rotatable bonds is 6. The van der Waals surface area contributed by atoms with Gasteiger partial charge in [0.2, 0.25) is 5.43 Å². The predicted octanol–water partition coefficient (Wildman–Crippen LogP) is 5.92. The second-order valence-corrected chi connectivity index (χ2v) is 8.59. The fraction of sp³-hybridized carbons (Fsp3) is 0.0333. The van der Waals surface area contributed by atoms with Gasteiger partial charge < -0.3 is 24.3 Å². The van der Waals surface area contributed by atoms with Crippen LogP contribution in [-0.4, -0.2) is 27.6 Å². The van der Waals surface area contributed by atoms with Crippen molar-refractivity contribution in [3.05, 3.63) is 119 Å². The van der Waals surface area contributed by atoms with Gasteiger partial charge in [0.15, 0.2) is 0 Å². The normalized spacial score (nSPS) is 11.0. The van der Waals surface area contributed by atoms with Crippen LogP contribution in [-0.2, 0) is 0 Å². The van der Waals surface area contributed by atoms with Crippen molar-refractivity contribution in [3.63, 3.8) is 0 Å². The van der Waals surface area contributed by atoms with Crippen LogP contribution < -0.4 is 20.2 Å². The summed E-state index contributed by atoms with van der Waals surface area (Å²) in [5.74, 6) is 1.48. The number of aromatic nitrogens is 3. The van der Waals surface area contributed by atoms with E-state index in [9.17, 15) is 9.59 Å². The van der Waals surface area contributed by atoms with Crippen LogP contribution in [0.3, 0.4) is 0 Å². The summed E-state index contributed by atoms with van der Waals surface area (Å²) in [7, 11) is 1.60. The van der Waals surface area contributed by atoms with Crippen molar-refractivity contribution in [1.29, 1.82) is 0 Å². The maximum absolute atomic E-state index is 13.3. The first-order chi connectivity index (χ1) is 18.6. The molecule has 2 N–H and O–H groups in total. The summed E-state index contributed by atoms with van der Waals surface area (Å²) in [6.45, 7) is 0. The first-order valence-electron chi connectivity index (χ1n) is 11.9. The number of H-pyrrole nitrogens is 1. The molecule has 38 heavy (non-hydrogen) atoms. The predicted molar refractivity (Wildman–Crippen MR) is 147 cm³/mol. The van der Waals surface area contributed by atoms with E-state index in [1.165, 1.54) is 0 Å². The van der Waals surface area contributed by atoms with Gasteiger partial charge in [-0.3, -0.25) is 9.59 Å². The number of benzene rings is 3. The lowest BCUT2D eigenvalue weighted by Gasteiger charge is -2.14. The van der Waals surface area contributed by atoms with Gasteiger partial charge in [0.05, 0.1) is 18.0 Å². The maximum atomic E-state index is 13.3. The Hall–Kier alpha value is -5.37. The molecule has 0 aliphatic heterocycles. The van der Waals surface area contributed by atoms with Gasteiger partial charge in [-0.2, -0.15) is 0 Å². The highest BCUT2D eigenvalue weighted by Gasteiger charge is 2.17. The van der Waals surface area contributed by atoms with E-state index in [4.69, 9.17) is 9.47 Å². The summed E-state index contributed by atoms with van der Waals surface area (Å²) in [6, 6.07) is 25.3. The number of anilines is 1. The van der Waals surface area contributed by atoms with E-state index in [-0.39, 0.29) is 11.0 Å². The highest BCUT2D eigenvalue weighted by Crippen LogP contribution is 2.29. The summed E-state index contributed by atoms with van der Waals surface area (Å²) in [5, 5.41) is 4.16. The summed E-state index contributed by atoms with van der Waals surface area (Å²) in [4.78, 5) is 33.9. The van der Waals surface area contributed by atoms with Crippen LogP contribution >= 0.6 is 0 Å². The van der Waals surface area contributed by atoms with E-state index in [2.05, 4.69) is 15.3 Å². The smallest absolute Gasteiger partial charge is 0.261 e. The van der Waals surface area contributed by atoms with Crippen LogP contribution in [0.4, 0.5) is 5.69 Å². The number of hydrogen-bond acceptors (Lipinski definition) is 5. The molecule has 0 saturated heterocycles. The van der Waals surface area contributed by atoms with E-state index in [1.807, 2.05) is 47.0 Å². The molecule has 3 heterocycles. The molecule has 0 unspecified atom stereocenters. The molecule has 0 fully saturated rings. The SMILES string of the molecule is COc1ccc(-n2cc(C(=O)Nc3ccc(Oc4ccnc5[nH]ccc45)cc3)c(=O)c3ccccc32)cc1. The standard InChI is InChI=1S/C30H22N4O4/c1-37-21-12-8-20(9-13-21)34-18-25(28(35)23-4-2-3-5-26(23)34)30(36)33-19-6-10-22(11-7-19)38-27-15-17-32-29-24(27)14-16-31-29/h2-18H,1H3,(H,31,32)(H,33,36). The third-order valence-corrected chi connectivity index (χ3v) is 6.27. The van der Waals surface area contributed by atoms with Gasteiger partial charge >= 0.3 is 0 Å². The molecule has 0 atom stereocenters. The van der Waals surface area contributed by atoms with Crippen molar-refractivity contribution in [2.75, 3.05) is 12.4 Å². The van der Waals surface area contributed by atoms with Crippen LogP contribution in [0.15, 0.2) is 108 Å². The lowest BCUT2D eigenvalue weighted by Crippen LogP contribution is -2.23. The number of carbonyl (C=O) groups excluding carboxylic acids is 1. The molecular formula is C30H22N4O4. The van der Waals surface area contributed by atoms with Crippen molar-refractivity contribution in [3.8, 4) is 22.9 Å². The van der Waals surface area contributed by atoms with E-state index in [1.54, 1.807) is 68.2 Å². The number of nitrogens with zero attached hydrogens (tertiary/aromatic N) is 2. The third kappa shape index (κ3) is 4.24. The average molecular weight is 503 g/mol. The molecule has 8 nitrogen and oxygen atoms in total. The second-order valence-electron chi connectivity index (χ2n) is 8.59. The number of para-hydroxylation sites is 1. The molecule has 0 aliphatic carbocycles. The van der Waals surface area contributed by atoms with E-state index < -0.39 is 5.91 Å². The zero-order chi connectivity index (χ0) is 26.1. The number of methoxy groups -OCH3 is 1. The molecule has 3 aromatic heterocycles. The summed E-state index contributed by atoms with van der Waals surface area (Å²) in [6.07, 6.45) is 5.05. The van der Waals surface area contributed by atoms with Crippen LogP contribution in [0.2, 0.25) is 0 Å². The third-order valence-electron chi connectivity index (χ3n) is 6.27. The zero-order valence-corrected chi connectivity index (χ0v) is 20.3. The Labute approximate surface area is 217 Å². The van der Waals surface area contributed by atoms with Gasteiger partial charge in [-0.05, 0) is 72.8 Å². The highest BCUT2D eigenvalue weighted by molar-refractivity contribution is 6.06. The molecule has 6 rings (SSSR count). The van der Waals surface area contributed by atoms with Crippen molar-refractivity contribution in [2.45, 2.75) is 0 Å². The molecule has 1 amide bonds. The van der Waals surface area contributed by atoms with Gasteiger partial charge in [0.1, 0.15) is 28.5 Å². The fourth-order valence-electron chi connectivity index (χ4n) is 4.35. The Balaban J connectivity index is 1.29. The second kappa shape index (κ2) is 9.59. The van der Waals surface area contributed by atoms with Crippen molar-refractivity contribution >= 4 is 33.5 Å². The quantitative estimate of drug-likeness (QED) is 0.295. The van der Waals surface area contributed by atoms with E-state index >= 15 is 0 Å². The minimum Gasteiger partial charge on any atom is -0.497 e. The number of aromatic amines is 1. The fourth-order valence-corrected chi connectivity index (χ4v) is 4.35. The van der Waals surface area contributed by atoms with Gasteiger partial charge in [-0.25, -0.2) is 4.98 Å². The lowest BCUT2D eigenvalue weighted by molar-refractivity contribution is 0.102. The Bertz CT molecular complexity index is 1840. The summed E-state index contributed by atoms with van der Waals surface area (Å²) < 4.78 is 13.1. The van der Waals surface area contributed by atoms with Gasteiger partial charge in [0.25, 0.3) is 5.91 Å². The number of carbonyl (C=O) groups is 1. The molecule has 0 bridgehead atoms. The van der Waals surface area contributed by atoms with Gasteiger partial charge in [0, 0.05) is 35.4 Å². The molecule has 0 saturated carbocycles. The highest BCUT2D eigenvalue weighted by atomic mass is 16.5. The van der Waals surface area contributed by atoms with E-state index in [0.29, 0.717) is 33.8 Å². The molecule has 8 heteroatoms. The average Bonchev–Trinajstić information content (AvgIpc) is 3.45. The minimum absolute atomic E-state index is 0.0338. The first kappa shape index (κ1) is 23.1. The summed E-state index contributed by atoms with van der Waals surface area (Å²) in [5.41, 5.74) is 2.47. The summed E-state index contributed by atoms with van der Waals surface area (Å²) >= 11 is 0. The molecule has 0 spiro atoms.